The molecular weight excluding hydrogens is 1010 g/mol. The summed E-state index contributed by atoms with van der Waals surface area (Å²) in [4.78, 5) is 122. The minimum absolute atomic E-state index is 0.0121. The second-order valence-corrected chi connectivity index (χ2v) is 22.9. The Morgan fingerprint density at radius 1 is 0.605 bits per heavy atom. The van der Waals surface area contributed by atoms with Crippen molar-refractivity contribution in [3.63, 3.8) is 0 Å². The maximum absolute atomic E-state index is 15.0. The van der Waals surface area contributed by atoms with Crippen molar-refractivity contribution in [2.24, 2.45) is 11.8 Å². The monoisotopic (exact) mass is 1080 g/mol. The Morgan fingerprint density at radius 3 is 1.71 bits per heavy atom. The van der Waals surface area contributed by atoms with Crippen molar-refractivity contribution in [1.82, 2.24) is 47.1 Å². The van der Waals surface area contributed by atoms with E-state index in [-0.39, 0.29) is 63.2 Å². The number of hydrogen-bond acceptors (Lipinski definition) is 10. The van der Waals surface area contributed by atoms with Crippen molar-refractivity contribution in [2.75, 3.05) is 30.6 Å². The number of nitrogens with zero attached hydrogens (tertiary/aromatic N) is 1. The first-order chi connectivity index (χ1) is 36.5. The van der Waals surface area contributed by atoms with Crippen LogP contribution in [0.2, 0.25) is 0 Å². The largest absolute Gasteiger partial charge is 0.361 e. The zero-order valence-corrected chi connectivity index (χ0v) is 46.0. The van der Waals surface area contributed by atoms with Gasteiger partial charge in [-0.25, -0.2) is 0 Å². The van der Waals surface area contributed by atoms with Gasteiger partial charge in [-0.15, -0.1) is 0 Å². The lowest BCUT2D eigenvalue weighted by atomic mass is 9.96. The van der Waals surface area contributed by atoms with Gasteiger partial charge in [0, 0.05) is 65.7 Å². The van der Waals surface area contributed by atoms with E-state index in [1.807, 2.05) is 75.6 Å². The van der Waals surface area contributed by atoms with Gasteiger partial charge in [-0.2, -0.15) is 11.8 Å². The minimum atomic E-state index is -1.39. The summed E-state index contributed by atoms with van der Waals surface area (Å²) in [6, 6.07) is 15.9. The first kappa shape index (κ1) is 58.7. The van der Waals surface area contributed by atoms with E-state index in [0.717, 1.165) is 10.9 Å². The second kappa shape index (κ2) is 28.6. The molecule has 2 aliphatic rings. The predicted octanol–water partition coefficient (Wildman–Crippen LogP) is 3.21. The standard InChI is InChI=1S/C56H75N9O9S2/c1-7-35(4)48-55(72)58-41(25-28-76(6)74)49(66)60-43(29-34(2)3)50(67)59-42(24-27-75-5)56(73)65-26-16-23-47(65)54(71)63-45(31-37-19-12-9-13-20-37)52(69)61-44(30-36-17-10-8-11-18-36)51(68)62-46(53(70)64-48)32-38-33-57-40-22-15-14-21-39(38)40/h8-15,17-22,33-35,41-48,57H,7,16,23-32H2,1-6H3,(H,58,72)(H,59,67)(H,60,66)(H,61,69)(H,62,68)(H,63,71)(H,64,70). The van der Waals surface area contributed by atoms with Crippen LogP contribution in [0.4, 0.5) is 0 Å². The van der Waals surface area contributed by atoms with Gasteiger partial charge in [0.05, 0.1) is 0 Å². The van der Waals surface area contributed by atoms with E-state index < -0.39 is 112 Å². The SMILES string of the molecule is CCC(C)C1NC(=O)C(Cc2c[nH]c3ccccc23)NC(=O)C(Cc2ccccc2)NC(=O)C(Cc2ccccc2)NC(=O)C2CCCN2C(=O)C(CCSC)NC(=O)C(CC(C)C)NC(=O)C(CCS(C)=O)NC1=O. The van der Waals surface area contributed by atoms with Crippen LogP contribution in [-0.4, -0.2) is 140 Å². The highest BCUT2D eigenvalue weighted by molar-refractivity contribution is 7.98. The number of benzene rings is 3. The maximum atomic E-state index is 15.0. The highest BCUT2D eigenvalue weighted by atomic mass is 32.2. The summed E-state index contributed by atoms with van der Waals surface area (Å²) < 4.78 is 12.5. The molecule has 0 spiro atoms. The number of aromatic nitrogens is 1. The number of fused-ring (bicyclic) bond motifs is 2. The number of para-hydroxylation sites is 1. The van der Waals surface area contributed by atoms with Crippen LogP contribution in [0.1, 0.15) is 82.9 Å². The highest BCUT2D eigenvalue weighted by Gasteiger charge is 2.41. The molecule has 0 radical (unpaired) electrons. The molecule has 3 aromatic carbocycles. The first-order valence-electron chi connectivity index (χ1n) is 26.3. The van der Waals surface area contributed by atoms with Gasteiger partial charge in [-0.05, 0) is 78.7 Å². The van der Waals surface area contributed by atoms with Gasteiger partial charge in [-0.3, -0.25) is 42.6 Å². The third-order valence-corrected chi connectivity index (χ3v) is 15.5. The molecule has 8 amide bonds. The van der Waals surface area contributed by atoms with Crippen molar-refractivity contribution in [3.05, 3.63) is 108 Å². The summed E-state index contributed by atoms with van der Waals surface area (Å²) >= 11 is 1.47. The molecule has 8 N–H and O–H groups in total. The lowest BCUT2D eigenvalue weighted by Gasteiger charge is -2.32. The van der Waals surface area contributed by atoms with Crippen LogP contribution in [0.15, 0.2) is 91.1 Å². The summed E-state index contributed by atoms with van der Waals surface area (Å²) in [7, 11) is -1.39. The summed E-state index contributed by atoms with van der Waals surface area (Å²) in [5, 5.41) is 21.0. The van der Waals surface area contributed by atoms with E-state index in [1.54, 1.807) is 49.5 Å². The van der Waals surface area contributed by atoms with Crippen LogP contribution in [0.3, 0.4) is 0 Å². The van der Waals surface area contributed by atoms with E-state index in [4.69, 9.17) is 0 Å². The number of thioether (sulfide) groups is 1. The van der Waals surface area contributed by atoms with Gasteiger partial charge in [0.1, 0.15) is 48.3 Å². The summed E-state index contributed by atoms with van der Waals surface area (Å²) in [6.45, 7) is 7.55. The molecule has 2 saturated heterocycles. The van der Waals surface area contributed by atoms with Gasteiger partial charge in [0.15, 0.2) is 0 Å². The van der Waals surface area contributed by atoms with Gasteiger partial charge in [-0.1, -0.05) is 113 Å². The fraction of sp³-hybridized carbons (Fsp3) is 0.500. The molecule has 4 aromatic rings. The van der Waals surface area contributed by atoms with Crippen molar-refractivity contribution in [2.45, 2.75) is 134 Å². The number of aromatic amines is 1. The molecule has 3 heterocycles. The topological polar surface area (TPSA) is 257 Å². The molecule has 2 aliphatic heterocycles. The lowest BCUT2D eigenvalue weighted by molar-refractivity contribution is -0.142. The molecule has 0 saturated carbocycles. The molecule has 0 bridgehead atoms. The molecule has 1 aromatic heterocycles. The molecule has 20 heteroatoms. The zero-order valence-electron chi connectivity index (χ0n) is 44.4. The normalized spacial score (nSPS) is 24.8. The van der Waals surface area contributed by atoms with E-state index in [2.05, 4.69) is 42.2 Å². The second-order valence-electron chi connectivity index (χ2n) is 20.3. The number of H-pyrrole nitrogens is 1. The molecule has 10 atom stereocenters. The third kappa shape index (κ3) is 16.5. The number of hydrogen-bond donors (Lipinski definition) is 8. The molecule has 76 heavy (non-hydrogen) atoms. The van der Waals surface area contributed by atoms with E-state index in [9.17, 15) is 42.6 Å². The van der Waals surface area contributed by atoms with Crippen molar-refractivity contribution in [3.8, 4) is 0 Å². The number of amides is 8. The van der Waals surface area contributed by atoms with Crippen LogP contribution >= 0.6 is 11.8 Å². The number of nitrogens with one attached hydrogen (secondary N) is 8. The average molecular weight is 1080 g/mol. The van der Waals surface area contributed by atoms with Crippen LogP contribution in [-0.2, 0) is 68.4 Å². The molecule has 18 nitrogen and oxygen atoms in total. The van der Waals surface area contributed by atoms with Gasteiger partial charge < -0.3 is 47.1 Å². The Labute approximate surface area is 452 Å². The summed E-state index contributed by atoms with van der Waals surface area (Å²) in [5.74, 6) is -5.44. The number of carbonyl (C=O) groups excluding carboxylic acids is 8. The van der Waals surface area contributed by atoms with Gasteiger partial charge in [0.2, 0.25) is 47.3 Å². The Bertz CT molecular complexity index is 2670. The first-order valence-corrected chi connectivity index (χ1v) is 29.4. The maximum Gasteiger partial charge on any atom is 0.245 e. The van der Waals surface area contributed by atoms with Crippen LogP contribution in [0.5, 0.6) is 0 Å². The Morgan fingerprint density at radius 2 is 1.12 bits per heavy atom. The van der Waals surface area contributed by atoms with Crippen LogP contribution in [0.25, 0.3) is 10.9 Å². The van der Waals surface area contributed by atoms with E-state index in [0.29, 0.717) is 35.3 Å². The van der Waals surface area contributed by atoms with E-state index in [1.165, 1.54) is 22.9 Å². The van der Waals surface area contributed by atoms with Crippen molar-refractivity contribution >= 4 is 80.7 Å². The smallest absolute Gasteiger partial charge is 0.245 e. The van der Waals surface area contributed by atoms with Crippen molar-refractivity contribution < 1.29 is 42.6 Å². The molecule has 10 unspecified atom stereocenters. The van der Waals surface area contributed by atoms with Crippen LogP contribution < -0.4 is 37.2 Å². The van der Waals surface area contributed by atoms with E-state index >= 15 is 0 Å². The highest BCUT2D eigenvalue weighted by Crippen LogP contribution is 2.23. The quantitative estimate of drug-likeness (QED) is 0.0813. The summed E-state index contributed by atoms with van der Waals surface area (Å²) in [6.07, 6.45) is 6.48. The molecule has 2 fully saturated rings. The zero-order chi connectivity index (χ0) is 54.9. The third-order valence-electron chi connectivity index (χ3n) is 14.1. The molecule has 6 rings (SSSR count). The van der Waals surface area contributed by atoms with Gasteiger partial charge >= 0.3 is 0 Å². The van der Waals surface area contributed by atoms with Crippen molar-refractivity contribution in [1.29, 1.82) is 0 Å². The average Bonchev–Trinajstić information content (AvgIpc) is 4.07. The Hall–Kier alpha value is -6.54. The molecular formula is C56H75N9O9S2. The lowest BCUT2D eigenvalue weighted by Crippen LogP contribution is -2.62. The molecule has 410 valence electrons. The fourth-order valence-corrected chi connectivity index (χ4v) is 10.7. The summed E-state index contributed by atoms with van der Waals surface area (Å²) in [5.41, 5.74) is 2.87. The molecule has 0 aliphatic carbocycles. The Balaban J connectivity index is 1.45. The van der Waals surface area contributed by atoms with Crippen LogP contribution in [0, 0.1) is 11.8 Å². The fourth-order valence-electron chi connectivity index (χ4n) is 9.67. The number of rotatable bonds is 16. The Kier molecular flexibility index (Phi) is 22.1. The van der Waals surface area contributed by atoms with Gasteiger partial charge in [0.25, 0.3) is 0 Å². The number of carbonyl (C=O) groups is 8. The predicted molar refractivity (Wildman–Crippen MR) is 296 cm³/mol. The minimum Gasteiger partial charge on any atom is -0.361 e.